The fourth-order valence-electron chi connectivity index (χ4n) is 4.56. The highest BCUT2D eigenvalue weighted by molar-refractivity contribution is 5.90. The highest BCUT2D eigenvalue weighted by Crippen LogP contribution is 2.29. The molecule has 1 unspecified atom stereocenters. The van der Waals surface area contributed by atoms with Crippen LogP contribution >= 0.6 is 0 Å². The molecule has 0 saturated carbocycles. The number of nitrogens with one attached hydrogen (secondary N) is 1. The molecule has 2 saturated heterocycles. The van der Waals surface area contributed by atoms with Crippen molar-refractivity contribution in [2.45, 2.75) is 13.0 Å². The number of carbonyl (C=O) groups is 2. The zero-order valence-electron chi connectivity index (χ0n) is 19.6. The van der Waals surface area contributed by atoms with Crippen LogP contribution in [0, 0.1) is 5.82 Å². The number of aromatic nitrogens is 1. The number of rotatable bonds is 6. The summed E-state index contributed by atoms with van der Waals surface area (Å²) in [5.41, 5.74) is 3.24. The molecule has 1 aromatic heterocycles. The summed E-state index contributed by atoms with van der Waals surface area (Å²) in [6.45, 7) is 4.86. The van der Waals surface area contributed by atoms with Gasteiger partial charge in [0.05, 0.1) is 24.5 Å². The Bertz CT molecular complexity index is 1190. The second kappa shape index (κ2) is 9.69. The van der Waals surface area contributed by atoms with Crippen LogP contribution in [-0.2, 0) is 9.53 Å². The number of halogens is 1. The minimum atomic E-state index is -0.538. The van der Waals surface area contributed by atoms with E-state index in [0.29, 0.717) is 24.5 Å². The van der Waals surface area contributed by atoms with Crippen LogP contribution in [-0.4, -0.2) is 61.9 Å². The number of hydrogen-bond donors (Lipinski definition) is 1. The van der Waals surface area contributed by atoms with Crippen molar-refractivity contribution in [2.24, 2.45) is 0 Å². The molecule has 2 fully saturated rings. The van der Waals surface area contributed by atoms with E-state index >= 15 is 4.39 Å². The molecular weight excluding hydrogens is 449 g/mol. The molecule has 2 aliphatic rings. The monoisotopic (exact) mass is 477 g/mol. The molecule has 1 N–H and O–H groups in total. The Labute approximate surface area is 203 Å². The highest BCUT2D eigenvalue weighted by atomic mass is 19.1. The van der Waals surface area contributed by atoms with E-state index in [1.165, 1.54) is 17.9 Å². The second-order valence-corrected chi connectivity index (χ2v) is 8.77. The van der Waals surface area contributed by atoms with Crippen LogP contribution in [0.1, 0.15) is 6.92 Å². The lowest BCUT2D eigenvalue weighted by Gasteiger charge is -2.37. The smallest absolute Gasteiger partial charge is 0.414 e. The molecule has 2 aliphatic heterocycles. The number of amides is 2. The lowest BCUT2D eigenvalue weighted by atomic mass is 10.2. The fourth-order valence-corrected chi connectivity index (χ4v) is 4.56. The Kier molecular flexibility index (Phi) is 6.31. The summed E-state index contributed by atoms with van der Waals surface area (Å²) in [5.74, 6) is -0.561. The van der Waals surface area contributed by atoms with Crippen LogP contribution in [0.2, 0.25) is 0 Å². The minimum absolute atomic E-state index is 0.191. The maximum absolute atomic E-state index is 15.1. The van der Waals surface area contributed by atoms with Crippen molar-refractivity contribution in [1.29, 1.82) is 0 Å². The predicted molar refractivity (Wildman–Crippen MR) is 133 cm³/mol. The summed E-state index contributed by atoms with van der Waals surface area (Å²) in [4.78, 5) is 29.1. The van der Waals surface area contributed by atoms with Gasteiger partial charge in [0, 0.05) is 56.9 Å². The second-order valence-electron chi connectivity index (χ2n) is 8.77. The van der Waals surface area contributed by atoms with E-state index in [0.717, 1.165) is 24.5 Å². The number of anilines is 3. The van der Waals surface area contributed by atoms with Crippen molar-refractivity contribution >= 4 is 29.1 Å². The van der Waals surface area contributed by atoms with Crippen molar-refractivity contribution in [3.05, 3.63) is 72.8 Å². The van der Waals surface area contributed by atoms with Crippen molar-refractivity contribution in [3.8, 4) is 5.69 Å². The molecule has 0 aliphatic carbocycles. The number of benzene rings is 2. The van der Waals surface area contributed by atoms with Gasteiger partial charge >= 0.3 is 6.09 Å². The zero-order valence-corrected chi connectivity index (χ0v) is 19.6. The number of hydrogen-bond acceptors (Lipinski definition) is 5. The number of piperazine rings is 1. The third-order valence-electron chi connectivity index (χ3n) is 6.43. The van der Waals surface area contributed by atoms with Crippen LogP contribution in [0.25, 0.3) is 5.69 Å². The molecule has 9 heteroatoms. The molecule has 5 rings (SSSR count). The molecule has 3 heterocycles. The number of nitrogens with zero attached hydrogens (tertiary/aromatic N) is 4. The predicted octanol–water partition coefficient (Wildman–Crippen LogP) is 3.40. The van der Waals surface area contributed by atoms with Crippen molar-refractivity contribution in [3.63, 3.8) is 0 Å². The summed E-state index contributed by atoms with van der Waals surface area (Å²) in [6, 6.07) is 17.3. The summed E-state index contributed by atoms with van der Waals surface area (Å²) < 4.78 is 22.4. The normalized spacial score (nSPS) is 18.1. The van der Waals surface area contributed by atoms with Crippen molar-refractivity contribution < 1.29 is 18.7 Å². The molecule has 35 heavy (non-hydrogen) atoms. The summed E-state index contributed by atoms with van der Waals surface area (Å²) >= 11 is 0. The molecule has 182 valence electrons. The van der Waals surface area contributed by atoms with E-state index in [4.69, 9.17) is 4.74 Å². The first-order valence-corrected chi connectivity index (χ1v) is 11.7. The van der Waals surface area contributed by atoms with Crippen LogP contribution in [0.5, 0.6) is 0 Å². The molecular formula is C26H28FN5O3. The summed E-state index contributed by atoms with van der Waals surface area (Å²) in [7, 11) is 0. The molecule has 0 bridgehead atoms. The first kappa shape index (κ1) is 22.8. The van der Waals surface area contributed by atoms with Gasteiger partial charge in [-0.05, 0) is 54.6 Å². The number of carbonyl (C=O) groups excluding carboxylic acids is 2. The van der Waals surface area contributed by atoms with E-state index in [-0.39, 0.29) is 24.8 Å². The Morgan fingerprint density at radius 3 is 2.26 bits per heavy atom. The summed E-state index contributed by atoms with van der Waals surface area (Å²) in [6.07, 6.45) is 3.04. The Morgan fingerprint density at radius 1 is 0.971 bits per heavy atom. The molecule has 3 aromatic rings. The van der Waals surface area contributed by atoms with E-state index in [2.05, 4.69) is 39.0 Å². The quantitative estimate of drug-likeness (QED) is 0.589. The van der Waals surface area contributed by atoms with Gasteiger partial charge < -0.3 is 24.4 Å². The average molecular weight is 478 g/mol. The van der Waals surface area contributed by atoms with Crippen LogP contribution in [0.15, 0.2) is 67.0 Å². The van der Waals surface area contributed by atoms with Gasteiger partial charge in [0.25, 0.3) is 0 Å². The molecule has 2 aromatic carbocycles. The van der Waals surface area contributed by atoms with E-state index in [1.807, 2.05) is 29.4 Å². The van der Waals surface area contributed by atoms with E-state index < -0.39 is 12.2 Å². The third kappa shape index (κ3) is 4.94. The first-order chi connectivity index (χ1) is 17.0. The first-order valence-electron chi connectivity index (χ1n) is 11.7. The minimum Gasteiger partial charge on any atom is -0.442 e. The Morgan fingerprint density at radius 2 is 1.60 bits per heavy atom. The lowest BCUT2D eigenvalue weighted by molar-refractivity contribution is -0.119. The van der Waals surface area contributed by atoms with Gasteiger partial charge in [0.1, 0.15) is 11.9 Å². The summed E-state index contributed by atoms with van der Waals surface area (Å²) in [5, 5.41) is 2.64. The van der Waals surface area contributed by atoms with Gasteiger partial charge in [-0.1, -0.05) is 0 Å². The maximum atomic E-state index is 15.1. The van der Waals surface area contributed by atoms with E-state index in [9.17, 15) is 9.59 Å². The number of cyclic esters (lactones) is 1. The van der Waals surface area contributed by atoms with Gasteiger partial charge in [-0.15, -0.1) is 0 Å². The van der Waals surface area contributed by atoms with Crippen LogP contribution < -0.4 is 20.0 Å². The topological polar surface area (TPSA) is 70.1 Å². The van der Waals surface area contributed by atoms with Gasteiger partial charge in [-0.25, -0.2) is 9.18 Å². The van der Waals surface area contributed by atoms with Crippen molar-refractivity contribution in [1.82, 2.24) is 9.88 Å². The van der Waals surface area contributed by atoms with E-state index in [1.54, 1.807) is 12.1 Å². The highest BCUT2D eigenvalue weighted by Gasteiger charge is 2.33. The van der Waals surface area contributed by atoms with Gasteiger partial charge in [0.2, 0.25) is 5.91 Å². The van der Waals surface area contributed by atoms with Gasteiger partial charge in [0.15, 0.2) is 0 Å². The van der Waals surface area contributed by atoms with Gasteiger partial charge in [-0.2, -0.15) is 0 Å². The number of ether oxygens (including phenoxy) is 1. The van der Waals surface area contributed by atoms with Crippen molar-refractivity contribution in [2.75, 3.05) is 54.0 Å². The third-order valence-corrected chi connectivity index (χ3v) is 6.43. The molecule has 8 nitrogen and oxygen atoms in total. The zero-order chi connectivity index (χ0) is 24.4. The Balaban J connectivity index is 1.19. The SMILES string of the molecule is CC(=O)NCC1CN(c2ccc(N3CCN(c4ccc(-n5cccc5)cc4)CC3)c(F)c2)C(=O)O1. The molecule has 0 radical (unpaired) electrons. The Hall–Kier alpha value is -4.01. The maximum Gasteiger partial charge on any atom is 0.414 e. The average Bonchev–Trinajstić information content (AvgIpc) is 3.53. The lowest BCUT2D eigenvalue weighted by Crippen LogP contribution is -2.46. The van der Waals surface area contributed by atoms with Crippen LogP contribution in [0.4, 0.5) is 26.2 Å². The molecule has 2 amide bonds. The standard InChI is InChI=1S/C26H28FN5O3/c1-19(33)28-17-23-18-32(26(34)35-23)22-8-9-25(24(27)16-22)31-14-12-30(13-15-31)21-6-4-20(5-7-21)29-10-2-3-11-29/h2-11,16,23H,12-15,17-18H2,1H3,(H,28,33). The van der Waals surface area contributed by atoms with Gasteiger partial charge in [-0.3, -0.25) is 9.69 Å². The molecule has 1 atom stereocenters. The largest absolute Gasteiger partial charge is 0.442 e. The molecule has 0 spiro atoms. The fraction of sp³-hybridized carbons (Fsp3) is 0.308. The van der Waals surface area contributed by atoms with Crippen LogP contribution in [0.3, 0.4) is 0 Å².